The molecule has 1 aromatic carbocycles. The van der Waals surface area contributed by atoms with Crippen molar-refractivity contribution in [1.29, 1.82) is 0 Å². The van der Waals surface area contributed by atoms with Gasteiger partial charge in [0.05, 0.1) is 11.5 Å². The monoisotopic (exact) mass is 228 g/mol. The fourth-order valence-corrected chi connectivity index (χ4v) is 2.29. The van der Waals surface area contributed by atoms with Crippen LogP contribution < -0.4 is 0 Å². The summed E-state index contributed by atoms with van der Waals surface area (Å²) in [5, 5.41) is 0. The highest BCUT2D eigenvalue weighted by Gasteiger charge is 2.08. The number of aryl methyl sites for hydroxylation is 1. The van der Waals surface area contributed by atoms with E-state index in [9.17, 15) is 4.21 Å². The molecular formula is C10H12O2S2. The van der Waals surface area contributed by atoms with Crippen LogP contribution in [-0.4, -0.2) is 10.8 Å². The van der Waals surface area contributed by atoms with Gasteiger partial charge in [-0.3, -0.25) is 4.18 Å². The van der Waals surface area contributed by atoms with Gasteiger partial charge in [0, 0.05) is 11.2 Å². The Morgan fingerprint density at radius 2 is 2.07 bits per heavy atom. The summed E-state index contributed by atoms with van der Waals surface area (Å²) in [5.41, 5.74) is 1.10. The summed E-state index contributed by atoms with van der Waals surface area (Å²) in [6.45, 7) is 5.64. The van der Waals surface area contributed by atoms with Crippen LogP contribution in [-0.2, 0) is 24.1 Å². The maximum Gasteiger partial charge on any atom is 0.173 e. The van der Waals surface area contributed by atoms with E-state index in [0.717, 1.165) is 5.56 Å². The van der Waals surface area contributed by atoms with Gasteiger partial charge in [0.1, 0.15) is 0 Å². The van der Waals surface area contributed by atoms with Crippen molar-refractivity contribution < 1.29 is 8.39 Å². The van der Waals surface area contributed by atoms with Crippen molar-refractivity contribution in [1.82, 2.24) is 0 Å². The van der Waals surface area contributed by atoms with Gasteiger partial charge in [0.25, 0.3) is 0 Å². The fraction of sp³-hybridized carbons (Fsp3) is 0.200. The van der Waals surface area contributed by atoms with Crippen molar-refractivity contribution in [2.45, 2.75) is 11.8 Å². The molecule has 0 aliphatic heterocycles. The Bertz CT molecular complexity index is 404. The molecular weight excluding hydrogens is 216 g/mol. The molecule has 0 amide bonds. The first-order chi connectivity index (χ1) is 6.56. The first-order valence-electron chi connectivity index (χ1n) is 4.13. The van der Waals surface area contributed by atoms with E-state index in [-0.39, 0.29) is 6.61 Å². The molecule has 1 rings (SSSR count). The van der Waals surface area contributed by atoms with E-state index < -0.39 is 8.77 Å². The van der Waals surface area contributed by atoms with Crippen molar-refractivity contribution in [2.24, 2.45) is 0 Å². The average molecular weight is 228 g/mol. The normalized spacial score (nSPS) is 14.6. The fourth-order valence-electron chi connectivity index (χ4n) is 0.911. The number of benzene rings is 1. The van der Waals surface area contributed by atoms with Crippen LogP contribution in [0.5, 0.6) is 0 Å². The van der Waals surface area contributed by atoms with E-state index in [4.69, 9.17) is 15.4 Å². The van der Waals surface area contributed by atoms with E-state index in [1.807, 2.05) is 19.1 Å². The Morgan fingerprint density at radius 3 is 2.57 bits per heavy atom. The van der Waals surface area contributed by atoms with Gasteiger partial charge in [-0.05, 0) is 19.1 Å². The Labute approximate surface area is 89.5 Å². The zero-order chi connectivity index (χ0) is 10.6. The van der Waals surface area contributed by atoms with E-state index in [1.165, 1.54) is 6.08 Å². The van der Waals surface area contributed by atoms with Gasteiger partial charge >= 0.3 is 0 Å². The molecule has 0 fully saturated rings. The van der Waals surface area contributed by atoms with Gasteiger partial charge in [0.15, 0.2) is 8.77 Å². The maximum absolute atomic E-state index is 11.8. The molecule has 14 heavy (non-hydrogen) atoms. The summed E-state index contributed by atoms with van der Waals surface area (Å²) < 4.78 is 16.8. The summed E-state index contributed by atoms with van der Waals surface area (Å²) in [7, 11) is -2.78. The minimum Gasteiger partial charge on any atom is -0.282 e. The molecule has 1 atom stereocenters. The Balaban J connectivity index is 2.93. The minimum atomic E-state index is -2.78. The van der Waals surface area contributed by atoms with Gasteiger partial charge < -0.3 is 0 Å². The Hall–Kier alpha value is -0.710. The molecule has 0 spiro atoms. The molecule has 4 heteroatoms. The van der Waals surface area contributed by atoms with Crippen LogP contribution in [0.2, 0.25) is 0 Å². The lowest BCUT2D eigenvalue weighted by Gasteiger charge is -2.06. The van der Waals surface area contributed by atoms with Gasteiger partial charge in [-0.1, -0.05) is 23.8 Å². The van der Waals surface area contributed by atoms with Gasteiger partial charge in [0.2, 0.25) is 0 Å². The summed E-state index contributed by atoms with van der Waals surface area (Å²) >= 11 is 4.88. The summed E-state index contributed by atoms with van der Waals surface area (Å²) in [6.07, 6.45) is 1.53. The van der Waals surface area contributed by atoms with Gasteiger partial charge in [-0.15, -0.1) is 6.58 Å². The average Bonchev–Trinajstić information content (AvgIpc) is 2.16. The highest BCUT2D eigenvalue weighted by atomic mass is 32.8. The van der Waals surface area contributed by atoms with Crippen LogP contribution in [0.3, 0.4) is 0 Å². The SMILES string of the molecule is C=CCOS(=O)(=S)c1ccc(C)cc1. The van der Waals surface area contributed by atoms with Crippen LogP contribution in [0.15, 0.2) is 41.8 Å². The minimum absolute atomic E-state index is 0.205. The largest absolute Gasteiger partial charge is 0.282 e. The van der Waals surface area contributed by atoms with Crippen LogP contribution in [0.1, 0.15) is 5.56 Å². The van der Waals surface area contributed by atoms with Crippen LogP contribution in [0, 0.1) is 6.92 Å². The molecule has 0 heterocycles. The maximum atomic E-state index is 11.8. The van der Waals surface area contributed by atoms with Crippen molar-refractivity contribution in [2.75, 3.05) is 6.61 Å². The van der Waals surface area contributed by atoms with E-state index in [2.05, 4.69) is 6.58 Å². The molecule has 0 bridgehead atoms. The topological polar surface area (TPSA) is 26.3 Å². The van der Waals surface area contributed by atoms with Crippen LogP contribution in [0.25, 0.3) is 0 Å². The summed E-state index contributed by atoms with van der Waals surface area (Å²) in [5.74, 6) is 0. The molecule has 0 aliphatic rings. The Morgan fingerprint density at radius 1 is 1.50 bits per heavy atom. The number of hydrogen-bond acceptors (Lipinski definition) is 3. The molecule has 0 saturated carbocycles. The highest BCUT2D eigenvalue weighted by Crippen LogP contribution is 2.13. The van der Waals surface area contributed by atoms with Gasteiger partial charge in [-0.25, -0.2) is 4.21 Å². The first-order valence-corrected chi connectivity index (χ1v) is 6.54. The van der Waals surface area contributed by atoms with Crippen molar-refractivity contribution in [3.8, 4) is 0 Å². The molecule has 0 radical (unpaired) electrons. The summed E-state index contributed by atoms with van der Waals surface area (Å²) in [6, 6.07) is 7.18. The second-order valence-corrected chi connectivity index (χ2v) is 5.77. The highest BCUT2D eigenvalue weighted by molar-refractivity contribution is 8.30. The van der Waals surface area contributed by atoms with Crippen LogP contribution in [0.4, 0.5) is 0 Å². The smallest absolute Gasteiger partial charge is 0.173 e. The predicted molar refractivity (Wildman–Crippen MR) is 61.1 cm³/mol. The van der Waals surface area contributed by atoms with E-state index in [0.29, 0.717) is 4.90 Å². The lowest BCUT2D eigenvalue weighted by molar-refractivity contribution is 0.393. The van der Waals surface area contributed by atoms with Crippen LogP contribution >= 0.6 is 0 Å². The third-order valence-corrected chi connectivity index (χ3v) is 3.81. The molecule has 0 saturated heterocycles. The lowest BCUT2D eigenvalue weighted by Crippen LogP contribution is -2.04. The second kappa shape index (κ2) is 4.68. The quantitative estimate of drug-likeness (QED) is 0.739. The first kappa shape index (κ1) is 11.4. The zero-order valence-electron chi connectivity index (χ0n) is 7.93. The predicted octanol–water partition coefficient (Wildman–Crippen LogP) is 2.22. The molecule has 76 valence electrons. The standard InChI is InChI=1S/C10H12O2S2/c1-3-8-12-14(11,13)10-6-4-9(2)5-7-10/h3-7H,1,8H2,2H3. The van der Waals surface area contributed by atoms with Crippen molar-refractivity contribution in [3.05, 3.63) is 42.5 Å². The number of rotatable bonds is 4. The second-order valence-electron chi connectivity index (χ2n) is 2.84. The van der Waals surface area contributed by atoms with E-state index >= 15 is 0 Å². The van der Waals surface area contributed by atoms with Gasteiger partial charge in [-0.2, -0.15) is 0 Å². The summed E-state index contributed by atoms with van der Waals surface area (Å²) in [4.78, 5) is 0.542. The molecule has 0 N–H and O–H groups in total. The molecule has 0 aromatic heterocycles. The third-order valence-electron chi connectivity index (χ3n) is 1.65. The molecule has 1 aromatic rings. The molecule has 1 unspecified atom stereocenters. The Kier molecular flexibility index (Phi) is 3.80. The zero-order valence-corrected chi connectivity index (χ0v) is 9.57. The van der Waals surface area contributed by atoms with Crippen molar-refractivity contribution >= 4 is 20.0 Å². The third kappa shape index (κ3) is 2.90. The number of hydrogen-bond donors (Lipinski definition) is 0. The molecule has 2 nitrogen and oxygen atoms in total. The van der Waals surface area contributed by atoms with E-state index in [1.54, 1.807) is 12.1 Å². The lowest BCUT2D eigenvalue weighted by atomic mass is 10.2. The van der Waals surface area contributed by atoms with Crippen molar-refractivity contribution in [3.63, 3.8) is 0 Å². The molecule has 0 aliphatic carbocycles.